The highest BCUT2D eigenvalue weighted by molar-refractivity contribution is 5.80. The topological polar surface area (TPSA) is 36.4 Å². The molecule has 4 heteroatoms. The lowest BCUT2D eigenvalue weighted by Crippen LogP contribution is -2.45. The van der Waals surface area contributed by atoms with Gasteiger partial charge in [-0.15, -0.1) is 0 Å². The second-order valence-electron chi connectivity index (χ2n) is 5.62. The lowest BCUT2D eigenvalue weighted by molar-refractivity contribution is 0.504. The first-order valence-electron chi connectivity index (χ1n) is 6.58. The van der Waals surface area contributed by atoms with Crippen LogP contribution in [0, 0.1) is 5.82 Å². The molecule has 0 unspecified atom stereocenters. The molecule has 0 fully saturated rings. The van der Waals surface area contributed by atoms with Gasteiger partial charge in [-0.1, -0.05) is 26.0 Å². The molecule has 2 N–H and O–H groups in total. The van der Waals surface area contributed by atoms with Gasteiger partial charge in [0.15, 0.2) is 5.96 Å². The molecule has 0 saturated carbocycles. The number of halogens is 1. The van der Waals surface area contributed by atoms with Crippen LogP contribution >= 0.6 is 0 Å². The lowest BCUT2D eigenvalue weighted by atomic mass is 9.84. The van der Waals surface area contributed by atoms with E-state index in [-0.39, 0.29) is 11.2 Å². The smallest absolute Gasteiger partial charge is 0.191 e. The van der Waals surface area contributed by atoms with Crippen molar-refractivity contribution in [3.05, 3.63) is 35.6 Å². The van der Waals surface area contributed by atoms with Gasteiger partial charge in [0.1, 0.15) is 5.82 Å². The van der Waals surface area contributed by atoms with Crippen LogP contribution in [0.2, 0.25) is 0 Å². The summed E-state index contributed by atoms with van der Waals surface area (Å²) in [7, 11) is 1.75. The Hall–Kier alpha value is -1.58. The van der Waals surface area contributed by atoms with E-state index in [2.05, 4.69) is 43.3 Å². The molecule has 0 bridgehead atoms. The molecule has 1 rings (SSSR count). The first-order valence-corrected chi connectivity index (χ1v) is 6.58. The third-order valence-corrected chi connectivity index (χ3v) is 2.97. The number of aliphatic imine (C=N–C) groups is 1. The molecule has 0 spiro atoms. The predicted octanol–water partition coefficient (Wildman–Crippen LogP) is 2.68. The summed E-state index contributed by atoms with van der Waals surface area (Å²) in [5.41, 5.74) is 1.00. The predicted molar refractivity (Wildman–Crippen MR) is 79.1 cm³/mol. The minimum absolute atomic E-state index is 0.0949. The third-order valence-electron chi connectivity index (χ3n) is 2.97. The second kappa shape index (κ2) is 6.55. The number of guanidine groups is 1. The fourth-order valence-electron chi connectivity index (χ4n) is 1.78. The van der Waals surface area contributed by atoms with Gasteiger partial charge in [0.2, 0.25) is 0 Å². The van der Waals surface area contributed by atoms with E-state index in [0.717, 1.165) is 18.1 Å². The summed E-state index contributed by atoms with van der Waals surface area (Å²) < 4.78 is 12.9. The highest BCUT2D eigenvalue weighted by atomic mass is 19.1. The van der Waals surface area contributed by atoms with Crippen LogP contribution < -0.4 is 10.6 Å². The molecule has 0 aliphatic carbocycles. The first-order chi connectivity index (χ1) is 8.85. The van der Waals surface area contributed by atoms with E-state index in [0.29, 0.717) is 6.04 Å². The van der Waals surface area contributed by atoms with E-state index >= 15 is 0 Å². The van der Waals surface area contributed by atoms with Gasteiger partial charge in [-0.25, -0.2) is 4.39 Å². The van der Waals surface area contributed by atoms with Crippen LogP contribution in [0.3, 0.4) is 0 Å². The number of hydrogen-bond donors (Lipinski definition) is 2. The molecule has 3 nitrogen and oxygen atoms in total. The fourth-order valence-corrected chi connectivity index (χ4v) is 1.78. The average molecular weight is 265 g/mol. The van der Waals surface area contributed by atoms with Crippen molar-refractivity contribution in [3.63, 3.8) is 0 Å². The van der Waals surface area contributed by atoms with E-state index < -0.39 is 0 Å². The molecular formula is C15H24FN3. The summed E-state index contributed by atoms with van der Waals surface area (Å²) in [5, 5.41) is 6.54. The SMILES string of the molecule is CN=C(NCC(C)(C)c1ccc(F)cc1)NC(C)C. The fraction of sp³-hybridized carbons (Fsp3) is 0.533. The second-order valence-corrected chi connectivity index (χ2v) is 5.62. The monoisotopic (exact) mass is 265 g/mol. The van der Waals surface area contributed by atoms with E-state index in [1.54, 1.807) is 7.05 Å². The van der Waals surface area contributed by atoms with Gasteiger partial charge in [-0.2, -0.15) is 0 Å². The molecule has 0 aliphatic heterocycles. The maximum atomic E-state index is 12.9. The van der Waals surface area contributed by atoms with Crippen molar-refractivity contribution in [1.82, 2.24) is 10.6 Å². The highest BCUT2D eigenvalue weighted by Crippen LogP contribution is 2.22. The molecule has 0 radical (unpaired) electrons. The Labute approximate surface area is 115 Å². The van der Waals surface area contributed by atoms with Crippen LogP contribution in [0.5, 0.6) is 0 Å². The van der Waals surface area contributed by atoms with Gasteiger partial charge in [-0.05, 0) is 31.5 Å². The number of nitrogens with one attached hydrogen (secondary N) is 2. The number of hydrogen-bond acceptors (Lipinski definition) is 1. The summed E-state index contributed by atoms with van der Waals surface area (Å²) in [6.07, 6.45) is 0. The van der Waals surface area contributed by atoms with Crippen molar-refractivity contribution in [3.8, 4) is 0 Å². The van der Waals surface area contributed by atoms with Crippen molar-refractivity contribution >= 4 is 5.96 Å². The van der Waals surface area contributed by atoms with Crippen LogP contribution in [-0.4, -0.2) is 25.6 Å². The zero-order valence-corrected chi connectivity index (χ0v) is 12.4. The van der Waals surface area contributed by atoms with E-state index in [9.17, 15) is 4.39 Å². The zero-order valence-electron chi connectivity index (χ0n) is 12.4. The molecule has 0 amide bonds. The summed E-state index contributed by atoms with van der Waals surface area (Å²) in [6, 6.07) is 6.99. The standard InChI is InChI=1S/C15H24FN3/c1-11(2)19-14(17-5)18-10-15(3,4)12-6-8-13(16)9-7-12/h6-9,11H,10H2,1-5H3,(H2,17,18,19). The molecule has 0 aliphatic rings. The molecule has 0 atom stereocenters. The molecule has 0 aromatic heterocycles. The van der Waals surface area contributed by atoms with Crippen LogP contribution in [0.4, 0.5) is 4.39 Å². The van der Waals surface area contributed by atoms with Crippen LogP contribution in [0.25, 0.3) is 0 Å². The van der Waals surface area contributed by atoms with Crippen LogP contribution in [0.1, 0.15) is 33.3 Å². The van der Waals surface area contributed by atoms with Crippen molar-refractivity contribution < 1.29 is 4.39 Å². The van der Waals surface area contributed by atoms with Crippen LogP contribution in [-0.2, 0) is 5.41 Å². The quantitative estimate of drug-likeness (QED) is 0.648. The summed E-state index contributed by atoms with van der Waals surface area (Å²) >= 11 is 0. The van der Waals surface area contributed by atoms with Gasteiger partial charge < -0.3 is 10.6 Å². The Morgan fingerprint density at radius 3 is 2.32 bits per heavy atom. The van der Waals surface area contributed by atoms with E-state index in [1.807, 2.05) is 12.1 Å². The Morgan fingerprint density at radius 1 is 1.26 bits per heavy atom. The number of rotatable bonds is 4. The van der Waals surface area contributed by atoms with Crippen molar-refractivity contribution in [2.75, 3.05) is 13.6 Å². The lowest BCUT2D eigenvalue weighted by Gasteiger charge is -2.27. The van der Waals surface area contributed by atoms with Crippen LogP contribution in [0.15, 0.2) is 29.3 Å². The number of nitrogens with zero attached hydrogens (tertiary/aromatic N) is 1. The molecule has 0 saturated heterocycles. The van der Waals surface area contributed by atoms with E-state index in [1.165, 1.54) is 12.1 Å². The summed E-state index contributed by atoms with van der Waals surface area (Å²) in [6.45, 7) is 9.10. The molecule has 0 heterocycles. The van der Waals surface area contributed by atoms with Gasteiger partial charge in [0.05, 0.1) is 0 Å². The van der Waals surface area contributed by atoms with Crippen molar-refractivity contribution in [1.29, 1.82) is 0 Å². The van der Waals surface area contributed by atoms with Crippen molar-refractivity contribution in [2.24, 2.45) is 4.99 Å². The highest BCUT2D eigenvalue weighted by Gasteiger charge is 2.21. The van der Waals surface area contributed by atoms with Gasteiger partial charge in [-0.3, -0.25) is 4.99 Å². The minimum atomic E-state index is -0.204. The van der Waals surface area contributed by atoms with Gasteiger partial charge >= 0.3 is 0 Å². The Balaban J connectivity index is 2.66. The normalized spacial score (nSPS) is 12.7. The zero-order chi connectivity index (χ0) is 14.5. The Morgan fingerprint density at radius 2 is 1.84 bits per heavy atom. The molecule has 1 aromatic carbocycles. The minimum Gasteiger partial charge on any atom is -0.356 e. The molecule has 19 heavy (non-hydrogen) atoms. The molecule has 106 valence electrons. The maximum Gasteiger partial charge on any atom is 0.191 e. The molecular weight excluding hydrogens is 241 g/mol. The van der Waals surface area contributed by atoms with Gasteiger partial charge in [0, 0.05) is 25.0 Å². The number of benzene rings is 1. The average Bonchev–Trinajstić information content (AvgIpc) is 2.34. The van der Waals surface area contributed by atoms with Crippen molar-refractivity contribution in [2.45, 2.75) is 39.2 Å². The first kappa shape index (κ1) is 15.5. The summed E-state index contributed by atoms with van der Waals surface area (Å²) in [5.74, 6) is 0.579. The van der Waals surface area contributed by atoms with Gasteiger partial charge in [0.25, 0.3) is 0 Å². The Kier molecular flexibility index (Phi) is 5.33. The maximum absolute atomic E-state index is 12.9. The summed E-state index contributed by atoms with van der Waals surface area (Å²) in [4.78, 5) is 4.17. The molecule has 1 aromatic rings. The largest absolute Gasteiger partial charge is 0.356 e. The third kappa shape index (κ3) is 4.89. The van der Waals surface area contributed by atoms with E-state index in [4.69, 9.17) is 0 Å². The Bertz CT molecular complexity index is 422.